The lowest BCUT2D eigenvalue weighted by Gasteiger charge is -2.60. The predicted molar refractivity (Wildman–Crippen MR) is 113 cm³/mol. The minimum Gasteiger partial charge on any atom is -0.360 e. The van der Waals surface area contributed by atoms with Gasteiger partial charge in [-0.05, 0) is 75.5 Å². The molecular formula is C22H30BrN3O3. The smallest absolute Gasteiger partial charge is 0.228 e. The van der Waals surface area contributed by atoms with E-state index in [4.69, 9.17) is 4.52 Å². The van der Waals surface area contributed by atoms with Gasteiger partial charge in [0.15, 0.2) is 5.82 Å². The van der Waals surface area contributed by atoms with E-state index < -0.39 is 0 Å². The van der Waals surface area contributed by atoms with Crippen LogP contribution >= 0.6 is 15.9 Å². The first-order chi connectivity index (χ1) is 13.8. The summed E-state index contributed by atoms with van der Waals surface area (Å²) in [4.78, 5) is 27.6. The molecule has 1 saturated heterocycles. The monoisotopic (exact) mass is 463 g/mol. The molecule has 158 valence electrons. The lowest BCUT2D eigenvalue weighted by atomic mass is 9.48. The number of aromatic nitrogens is 1. The summed E-state index contributed by atoms with van der Waals surface area (Å²) >= 11 is 4.05. The molecule has 2 atom stereocenters. The zero-order chi connectivity index (χ0) is 20.2. The first-order valence-electron chi connectivity index (χ1n) is 11.0. The number of alkyl halides is 1. The van der Waals surface area contributed by atoms with Crippen molar-refractivity contribution in [2.75, 3.05) is 18.4 Å². The minimum absolute atomic E-state index is 0.0206. The van der Waals surface area contributed by atoms with Crippen molar-refractivity contribution in [1.82, 2.24) is 10.1 Å². The van der Waals surface area contributed by atoms with Crippen molar-refractivity contribution in [3.8, 4) is 0 Å². The molecule has 2 heterocycles. The molecule has 6 rings (SSSR count). The van der Waals surface area contributed by atoms with Gasteiger partial charge in [0.25, 0.3) is 0 Å². The maximum atomic E-state index is 13.1. The van der Waals surface area contributed by atoms with Crippen LogP contribution in [0.3, 0.4) is 0 Å². The number of hydrogen-bond donors (Lipinski definition) is 1. The summed E-state index contributed by atoms with van der Waals surface area (Å²) in [6.07, 6.45) is 9.73. The van der Waals surface area contributed by atoms with Crippen molar-refractivity contribution in [3.63, 3.8) is 0 Å². The molecule has 4 aliphatic carbocycles. The number of anilines is 1. The number of nitrogens with one attached hydrogen (secondary N) is 1. The Morgan fingerprint density at radius 2 is 1.93 bits per heavy atom. The molecule has 6 nitrogen and oxygen atoms in total. The van der Waals surface area contributed by atoms with Gasteiger partial charge < -0.3 is 14.7 Å². The molecule has 5 fully saturated rings. The second-order valence-corrected chi connectivity index (χ2v) is 11.9. The van der Waals surface area contributed by atoms with E-state index in [0.717, 1.165) is 31.1 Å². The van der Waals surface area contributed by atoms with Gasteiger partial charge in [-0.3, -0.25) is 9.59 Å². The topological polar surface area (TPSA) is 75.4 Å². The second kappa shape index (κ2) is 7.10. The number of rotatable bonds is 4. The van der Waals surface area contributed by atoms with Gasteiger partial charge in [0, 0.05) is 35.8 Å². The Balaban J connectivity index is 1.15. The van der Waals surface area contributed by atoms with Gasteiger partial charge in [-0.1, -0.05) is 21.1 Å². The van der Waals surface area contributed by atoms with Gasteiger partial charge in [-0.15, -0.1) is 0 Å². The second-order valence-electron chi connectivity index (χ2n) is 10.3. The zero-order valence-corrected chi connectivity index (χ0v) is 18.7. The summed E-state index contributed by atoms with van der Waals surface area (Å²) < 4.78 is 5.30. The fraction of sp³-hybridized carbons (Fsp3) is 0.773. The maximum Gasteiger partial charge on any atom is 0.228 e. The highest BCUT2D eigenvalue weighted by atomic mass is 79.9. The first-order valence-corrected chi connectivity index (χ1v) is 11.8. The molecule has 0 aromatic carbocycles. The Bertz CT molecular complexity index is 800. The Labute approximate surface area is 180 Å². The molecule has 1 N–H and O–H groups in total. The summed E-state index contributed by atoms with van der Waals surface area (Å²) in [5.41, 5.74) is 0.212. The van der Waals surface area contributed by atoms with Gasteiger partial charge in [0.1, 0.15) is 5.76 Å². The summed E-state index contributed by atoms with van der Waals surface area (Å²) in [5.74, 6) is 2.96. The third-order valence-electron chi connectivity index (χ3n) is 7.73. The standard InChI is InChI=1S/C22H30BrN3O3/c1-14-6-18(25-29-14)24-20(28)17-2-4-26(5-3-17)19(27)12-21-8-15-7-16(9-21)11-22(23,10-15)13-21/h6,15-17H,2-5,7-13H2,1H3,(H,24,25,28). The number of piperidine rings is 1. The van der Waals surface area contributed by atoms with Crippen molar-refractivity contribution >= 4 is 33.6 Å². The molecule has 7 heteroatoms. The Morgan fingerprint density at radius 1 is 1.24 bits per heavy atom. The molecule has 1 aromatic heterocycles. The summed E-state index contributed by atoms with van der Waals surface area (Å²) in [6.45, 7) is 3.16. The lowest BCUT2D eigenvalue weighted by molar-refractivity contribution is -0.141. The van der Waals surface area contributed by atoms with Crippen LogP contribution in [0.15, 0.2) is 10.6 Å². The molecule has 29 heavy (non-hydrogen) atoms. The van der Waals surface area contributed by atoms with Crippen LogP contribution in [-0.2, 0) is 9.59 Å². The van der Waals surface area contributed by atoms with E-state index >= 15 is 0 Å². The van der Waals surface area contributed by atoms with Crippen LogP contribution in [0, 0.1) is 30.1 Å². The molecule has 5 aliphatic rings. The number of carbonyl (C=O) groups excluding carboxylic acids is 2. The predicted octanol–water partition coefficient (Wildman–Crippen LogP) is 4.28. The highest BCUT2D eigenvalue weighted by Gasteiger charge is 2.57. The molecule has 2 amide bonds. The van der Waals surface area contributed by atoms with Crippen molar-refractivity contribution in [2.24, 2.45) is 23.2 Å². The van der Waals surface area contributed by atoms with Crippen LogP contribution < -0.4 is 5.32 Å². The van der Waals surface area contributed by atoms with Crippen LogP contribution in [0.4, 0.5) is 5.82 Å². The Morgan fingerprint density at radius 3 is 2.52 bits per heavy atom. The quantitative estimate of drug-likeness (QED) is 0.675. The average Bonchev–Trinajstić information content (AvgIpc) is 3.04. The first kappa shape index (κ1) is 19.6. The summed E-state index contributed by atoms with van der Waals surface area (Å²) in [5, 5.41) is 6.66. The van der Waals surface area contributed by atoms with Gasteiger partial charge in [-0.25, -0.2) is 0 Å². The van der Waals surface area contributed by atoms with E-state index in [-0.39, 0.29) is 17.2 Å². The van der Waals surface area contributed by atoms with Crippen LogP contribution in [0.2, 0.25) is 0 Å². The van der Waals surface area contributed by atoms with Gasteiger partial charge in [-0.2, -0.15) is 0 Å². The van der Waals surface area contributed by atoms with Crippen LogP contribution in [-0.4, -0.2) is 39.3 Å². The molecule has 4 saturated carbocycles. The van der Waals surface area contributed by atoms with Crippen molar-refractivity contribution in [2.45, 2.75) is 69.0 Å². The summed E-state index contributed by atoms with van der Waals surface area (Å²) in [6, 6.07) is 1.72. The highest BCUT2D eigenvalue weighted by Crippen LogP contribution is 2.65. The SMILES string of the molecule is Cc1cc(NC(=O)C2CCN(C(=O)CC34CC5CC(CC(Br)(C5)C3)C4)CC2)no1. The number of carbonyl (C=O) groups is 2. The van der Waals surface area contributed by atoms with E-state index in [1.165, 1.54) is 32.1 Å². The van der Waals surface area contributed by atoms with E-state index in [9.17, 15) is 9.59 Å². The molecule has 1 aliphatic heterocycles. The van der Waals surface area contributed by atoms with Crippen LogP contribution in [0.25, 0.3) is 0 Å². The minimum atomic E-state index is -0.0681. The number of aryl methyl sites for hydroxylation is 1. The molecular weight excluding hydrogens is 434 g/mol. The average molecular weight is 464 g/mol. The normalized spacial score (nSPS) is 36.4. The van der Waals surface area contributed by atoms with Crippen molar-refractivity contribution in [1.29, 1.82) is 0 Å². The molecule has 1 aromatic rings. The third-order valence-corrected chi connectivity index (χ3v) is 8.66. The third kappa shape index (κ3) is 3.87. The lowest BCUT2D eigenvalue weighted by Crippen LogP contribution is -2.54. The number of hydrogen-bond acceptors (Lipinski definition) is 4. The van der Waals surface area contributed by atoms with E-state index in [1.807, 2.05) is 4.90 Å². The highest BCUT2D eigenvalue weighted by molar-refractivity contribution is 9.10. The van der Waals surface area contributed by atoms with Crippen molar-refractivity contribution < 1.29 is 14.1 Å². The van der Waals surface area contributed by atoms with E-state index in [0.29, 0.717) is 41.3 Å². The van der Waals surface area contributed by atoms with Crippen LogP contribution in [0.5, 0.6) is 0 Å². The van der Waals surface area contributed by atoms with Gasteiger partial charge >= 0.3 is 0 Å². The fourth-order valence-corrected chi connectivity index (χ4v) is 8.53. The Hall–Kier alpha value is -1.37. The van der Waals surface area contributed by atoms with Crippen LogP contribution in [0.1, 0.15) is 63.5 Å². The number of amides is 2. The van der Waals surface area contributed by atoms with Gasteiger partial charge in [0.2, 0.25) is 11.8 Å². The maximum absolute atomic E-state index is 13.1. The molecule has 0 radical (unpaired) electrons. The number of halogens is 1. The Kier molecular flexibility index (Phi) is 4.80. The number of likely N-dealkylation sites (tertiary alicyclic amines) is 1. The molecule has 0 spiro atoms. The number of nitrogens with zero attached hydrogens (tertiary/aromatic N) is 2. The van der Waals surface area contributed by atoms with Crippen molar-refractivity contribution in [3.05, 3.63) is 11.8 Å². The van der Waals surface area contributed by atoms with Gasteiger partial charge in [0.05, 0.1) is 0 Å². The van der Waals surface area contributed by atoms with E-state index in [2.05, 4.69) is 26.4 Å². The molecule has 4 bridgehead atoms. The molecule has 2 unspecified atom stereocenters. The fourth-order valence-electron chi connectivity index (χ4n) is 7.02. The summed E-state index contributed by atoms with van der Waals surface area (Å²) in [7, 11) is 0. The zero-order valence-electron chi connectivity index (χ0n) is 17.1. The largest absolute Gasteiger partial charge is 0.360 e. The van der Waals surface area contributed by atoms with E-state index in [1.54, 1.807) is 13.0 Å².